The normalized spacial score (nSPS) is 11.3. The van der Waals surface area contributed by atoms with Crippen LogP contribution in [0.3, 0.4) is 0 Å². The SMILES string of the molecule is CCN(CC)c1ccc(C(=O)N/N=C(/C)c2ccc(Cl)c(Cl)c2)cc1. The number of hydrogen-bond donors (Lipinski definition) is 1. The number of halogens is 2. The Morgan fingerprint density at radius 3 is 2.16 bits per heavy atom. The highest BCUT2D eigenvalue weighted by molar-refractivity contribution is 6.42. The van der Waals surface area contributed by atoms with Crippen LogP contribution in [0.25, 0.3) is 0 Å². The maximum atomic E-state index is 12.2. The van der Waals surface area contributed by atoms with Gasteiger partial charge in [-0.25, -0.2) is 5.43 Å². The fraction of sp³-hybridized carbons (Fsp3) is 0.263. The first-order chi connectivity index (χ1) is 12.0. The molecule has 0 saturated carbocycles. The molecule has 0 aliphatic rings. The summed E-state index contributed by atoms with van der Waals surface area (Å²) in [6.45, 7) is 7.85. The van der Waals surface area contributed by atoms with E-state index in [9.17, 15) is 4.79 Å². The third-order valence-electron chi connectivity index (χ3n) is 3.92. The van der Waals surface area contributed by atoms with Crippen LogP contribution < -0.4 is 10.3 Å². The van der Waals surface area contributed by atoms with Crippen LogP contribution in [-0.4, -0.2) is 24.7 Å². The van der Waals surface area contributed by atoms with Crippen molar-refractivity contribution in [1.82, 2.24) is 5.43 Å². The molecular formula is C19H21Cl2N3O. The minimum Gasteiger partial charge on any atom is -0.372 e. The second kappa shape index (κ2) is 8.88. The van der Waals surface area contributed by atoms with Gasteiger partial charge in [-0.3, -0.25) is 4.79 Å². The fourth-order valence-electron chi connectivity index (χ4n) is 2.40. The minimum absolute atomic E-state index is 0.259. The summed E-state index contributed by atoms with van der Waals surface area (Å²) < 4.78 is 0. The number of benzene rings is 2. The topological polar surface area (TPSA) is 44.7 Å². The number of hydrogen-bond acceptors (Lipinski definition) is 3. The summed E-state index contributed by atoms with van der Waals surface area (Å²) in [6.07, 6.45) is 0. The Labute approximate surface area is 158 Å². The molecule has 0 fully saturated rings. The van der Waals surface area contributed by atoms with Gasteiger partial charge in [-0.1, -0.05) is 29.3 Å². The molecule has 0 aliphatic heterocycles. The van der Waals surface area contributed by atoms with Gasteiger partial charge in [0.15, 0.2) is 0 Å². The lowest BCUT2D eigenvalue weighted by Crippen LogP contribution is -2.22. The predicted octanol–water partition coefficient (Wildman–Crippen LogP) is 4.99. The number of carbonyl (C=O) groups is 1. The molecule has 0 atom stereocenters. The van der Waals surface area contributed by atoms with Crippen LogP contribution in [0, 0.1) is 0 Å². The summed E-state index contributed by atoms with van der Waals surface area (Å²) in [4.78, 5) is 14.5. The van der Waals surface area contributed by atoms with Crippen LogP contribution in [0.1, 0.15) is 36.7 Å². The van der Waals surface area contributed by atoms with E-state index in [2.05, 4.69) is 29.3 Å². The quantitative estimate of drug-likeness (QED) is 0.568. The largest absolute Gasteiger partial charge is 0.372 e. The lowest BCUT2D eigenvalue weighted by molar-refractivity contribution is 0.0955. The number of carbonyl (C=O) groups excluding carboxylic acids is 1. The van der Waals surface area contributed by atoms with Crippen molar-refractivity contribution in [3.63, 3.8) is 0 Å². The highest BCUT2D eigenvalue weighted by atomic mass is 35.5. The van der Waals surface area contributed by atoms with Gasteiger partial charge in [0.2, 0.25) is 0 Å². The van der Waals surface area contributed by atoms with Crippen molar-refractivity contribution in [2.24, 2.45) is 5.10 Å². The standard InChI is InChI=1S/C19H21Cl2N3O/c1-4-24(5-2)16-9-6-14(7-10-16)19(25)23-22-13(3)15-8-11-17(20)18(21)12-15/h6-12H,4-5H2,1-3H3,(H,23,25)/b22-13-. The summed E-state index contributed by atoms with van der Waals surface area (Å²) in [5.41, 5.74) is 5.66. The van der Waals surface area contributed by atoms with Gasteiger partial charge in [-0.05, 0) is 62.7 Å². The molecule has 0 spiro atoms. The smallest absolute Gasteiger partial charge is 0.271 e. The molecule has 1 N–H and O–H groups in total. The molecule has 132 valence electrons. The van der Waals surface area contributed by atoms with E-state index < -0.39 is 0 Å². The predicted molar refractivity (Wildman–Crippen MR) is 106 cm³/mol. The summed E-state index contributed by atoms with van der Waals surface area (Å²) in [7, 11) is 0. The van der Waals surface area contributed by atoms with E-state index in [1.54, 1.807) is 37.3 Å². The van der Waals surface area contributed by atoms with Gasteiger partial charge in [0, 0.05) is 24.3 Å². The molecule has 2 aromatic rings. The maximum absolute atomic E-state index is 12.2. The van der Waals surface area contributed by atoms with E-state index in [1.165, 1.54) is 0 Å². The molecule has 2 rings (SSSR count). The molecule has 4 nitrogen and oxygen atoms in total. The van der Waals surface area contributed by atoms with Gasteiger partial charge in [-0.2, -0.15) is 5.10 Å². The van der Waals surface area contributed by atoms with Gasteiger partial charge >= 0.3 is 0 Å². The van der Waals surface area contributed by atoms with Crippen LogP contribution in [0.15, 0.2) is 47.6 Å². The third kappa shape index (κ3) is 4.97. The zero-order valence-corrected chi connectivity index (χ0v) is 16.0. The van der Waals surface area contributed by atoms with Gasteiger partial charge in [-0.15, -0.1) is 0 Å². The molecule has 0 bridgehead atoms. The summed E-state index contributed by atoms with van der Waals surface area (Å²) in [5, 5.41) is 5.07. The molecule has 1 amide bonds. The number of nitrogens with one attached hydrogen (secondary N) is 1. The molecule has 0 radical (unpaired) electrons. The Balaban J connectivity index is 2.07. The van der Waals surface area contributed by atoms with Gasteiger partial charge < -0.3 is 4.90 Å². The molecule has 6 heteroatoms. The summed E-state index contributed by atoms with van der Waals surface area (Å²) in [6, 6.07) is 12.7. The Bertz CT molecular complexity index is 769. The van der Waals surface area contributed by atoms with Crippen molar-refractivity contribution in [3.05, 3.63) is 63.6 Å². The van der Waals surface area contributed by atoms with Crippen molar-refractivity contribution < 1.29 is 4.79 Å². The fourth-order valence-corrected chi connectivity index (χ4v) is 2.70. The van der Waals surface area contributed by atoms with Crippen molar-refractivity contribution in [2.45, 2.75) is 20.8 Å². The highest BCUT2D eigenvalue weighted by Gasteiger charge is 2.08. The van der Waals surface area contributed by atoms with Gasteiger partial charge in [0.1, 0.15) is 0 Å². The maximum Gasteiger partial charge on any atom is 0.271 e. The van der Waals surface area contributed by atoms with Gasteiger partial charge in [0.05, 0.1) is 15.8 Å². The number of anilines is 1. The molecule has 25 heavy (non-hydrogen) atoms. The Kier molecular flexibility index (Phi) is 6.85. The van der Waals surface area contributed by atoms with Crippen LogP contribution in [0.4, 0.5) is 5.69 Å². The second-order valence-electron chi connectivity index (χ2n) is 5.49. The lowest BCUT2D eigenvalue weighted by atomic mass is 10.1. The first kappa shape index (κ1) is 19.3. The van der Waals surface area contributed by atoms with Crippen LogP contribution in [-0.2, 0) is 0 Å². The van der Waals surface area contributed by atoms with Crippen molar-refractivity contribution in [1.29, 1.82) is 0 Å². The first-order valence-corrected chi connectivity index (χ1v) is 8.86. The molecule has 0 aromatic heterocycles. The second-order valence-corrected chi connectivity index (χ2v) is 6.30. The van der Waals surface area contributed by atoms with E-state index >= 15 is 0 Å². The molecular weight excluding hydrogens is 357 g/mol. The Hall–Kier alpha value is -2.04. The summed E-state index contributed by atoms with van der Waals surface area (Å²) in [5.74, 6) is -0.259. The zero-order valence-electron chi connectivity index (χ0n) is 14.5. The van der Waals surface area contributed by atoms with Crippen LogP contribution in [0.2, 0.25) is 10.0 Å². The first-order valence-electron chi connectivity index (χ1n) is 8.11. The van der Waals surface area contributed by atoms with Gasteiger partial charge in [0.25, 0.3) is 5.91 Å². The van der Waals surface area contributed by atoms with E-state index in [1.807, 2.05) is 12.1 Å². The number of nitrogens with zero attached hydrogens (tertiary/aromatic N) is 2. The Morgan fingerprint density at radius 1 is 1.00 bits per heavy atom. The average molecular weight is 378 g/mol. The highest BCUT2D eigenvalue weighted by Crippen LogP contribution is 2.22. The number of amides is 1. The third-order valence-corrected chi connectivity index (χ3v) is 4.66. The Morgan fingerprint density at radius 2 is 1.60 bits per heavy atom. The molecule has 0 saturated heterocycles. The van der Waals surface area contributed by atoms with Crippen LogP contribution >= 0.6 is 23.2 Å². The van der Waals surface area contributed by atoms with Crippen molar-refractivity contribution in [2.75, 3.05) is 18.0 Å². The van der Waals surface area contributed by atoms with E-state index in [0.29, 0.717) is 21.3 Å². The summed E-state index contributed by atoms with van der Waals surface area (Å²) >= 11 is 11.9. The van der Waals surface area contributed by atoms with Crippen molar-refractivity contribution >= 4 is 40.5 Å². The average Bonchev–Trinajstić information content (AvgIpc) is 2.63. The molecule has 0 unspecified atom stereocenters. The minimum atomic E-state index is -0.259. The molecule has 2 aromatic carbocycles. The lowest BCUT2D eigenvalue weighted by Gasteiger charge is -2.20. The van der Waals surface area contributed by atoms with E-state index in [4.69, 9.17) is 23.2 Å². The molecule has 0 heterocycles. The number of hydrazone groups is 1. The van der Waals surface area contributed by atoms with Crippen LogP contribution in [0.5, 0.6) is 0 Å². The monoisotopic (exact) mass is 377 g/mol. The van der Waals surface area contributed by atoms with Crippen molar-refractivity contribution in [3.8, 4) is 0 Å². The molecule has 0 aliphatic carbocycles. The number of rotatable bonds is 6. The van der Waals surface area contributed by atoms with E-state index in [0.717, 1.165) is 24.3 Å². The van der Waals surface area contributed by atoms with E-state index in [-0.39, 0.29) is 5.91 Å². The zero-order chi connectivity index (χ0) is 18.4.